The smallest absolute Gasteiger partial charge is 0.313 e. The molecule has 2 aromatic rings. The minimum absolute atomic E-state index is 0.0474. The van der Waals surface area contributed by atoms with Gasteiger partial charge in [-0.05, 0) is 42.3 Å². The van der Waals surface area contributed by atoms with E-state index in [-0.39, 0.29) is 24.3 Å². The van der Waals surface area contributed by atoms with Gasteiger partial charge in [-0.25, -0.2) is 4.39 Å². The van der Waals surface area contributed by atoms with Crippen molar-refractivity contribution in [2.75, 3.05) is 49.6 Å². The maximum Gasteiger partial charge on any atom is 0.313 e. The summed E-state index contributed by atoms with van der Waals surface area (Å²) in [4.78, 5) is 40.8. The van der Waals surface area contributed by atoms with E-state index in [4.69, 9.17) is 4.74 Å². The molecule has 2 saturated heterocycles. The highest BCUT2D eigenvalue weighted by Crippen LogP contribution is 2.24. The number of carbonyl (C=O) groups excluding carboxylic acids is 3. The molecule has 2 aliphatic rings. The van der Waals surface area contributed by atoms with Gasteiger partial charge in [0.2, 0.25) is 5.91 Å². The van der Waals surface area contributed by atoms with Crippen molar-refractivity contribution in [3.63, 3.8) is 0 Å². The third-order valence-corrected chi connectivity index (χ3v) is 5.89. The standard InChI is InChI=1S/C24H27FN4O4/c25-18-8-6-17(7-9-18)21(28-11-13-33-14-12-28)16-26-23(31)24(32)27-19-3-1-4-20(15-19)29-10-2-5-22(29)30/h1,3-4,6-9,15,21H,2,5,10-14,16H2,(H,26,31)(H,27,32). The van der Waals surface area contributed by atoms with Gasteiger partial charge in [0.15, 0.2) is 0 Å². The molecule has 2 aromatic carbocycles. The lowest BCUT2D eigenvalue weighted by Crippen LogP contribution is -2.45. The van der Waals surface area contributed by atoms with E-state index in [0.717, 1.165) is 12.0 Å². The largest absolute Gasteiger partial charge is 0.379 e. The molecule has 8 nitrogen and oxygen atoms in total. The highest BCUT2D eigenvalue weighted by atomic mass is 19.1. The first-order chi connectivity index (χ1) is 16.0. The summed E-state index contributed by atoms with van der Waals surface area (Å²) in [6.07, 6.45) is 1.31. The molecule has 1 unspecified atom stereocenters. The Balaban J connectivity index is 1.38. The number of ether oxygens (including phenoxy) is 1. The number of morpholine rings is 1. The van der Waals surface area contributed by atoms with Gasteiger partial charge in [-0.1, -0.05) is 18.2 Å². The Morgan fingerprint density at radius 3 is 2.48 bits per heavy atom. The van der Waals surface area contributed by atoms with E-state index in [9.17, 15) is 18.8 Å². The van der Waals surface area contributed by atoms with Crippen LogP contribution in [0.1, 0.15) is 24.4 Å². The second-order valence-electron chi connectivity index (χ2n) is 8.08. The summed E-state index contributed by atoms with van der Waals surface area (Å²) in [5, 5.41) is 5.30. The number of hydrogen-bond donors (Lipinski definition) is 2. The highest BCUT2D eigenvalue weighted by Gasteiger charge is 2.25. The van der Waals surface area contributed by atoms with Crippen molar-refractivity contribution >= 4 is 29.1 Å². The monoisotopic (exact) mass is 454 g/mol. The van der Waals surface area contributed by atoms with Gasteiger partial charge in [0.25, 0.3) is 0 Å². The molecule has 0 aromatic heterocycles. The number of amides is 3. The first-order valence-electron chi connectivity index (χ1n) is 11.1. The predicted molar refractivity (Wildman–Crippen MR) is 121 cm³/mol. The molecule has 174 valence electrons. The SMILES string of the molecule is O=C(NCC(c1ccc(F)cc1)N1CCOCC1)C(=O)Nc1cccc(N2CCCC2=O)c1. The van der Waals surface area contributed by atoms with Crippen molar-refractivity contribution in [3.05, 3.63) is 59.9 Å². The van der Waals surface area contributed by atoms with Crippen LogP contribution in [0.25, 0.3) is 0 Å². The van der Waals surface area contributed by atoms with Gasteiger partial charge in [-0.3, -0.25) is 19.3 Å². The Kier molecular flexibility index (Phi) is 7.31. The summed E-state index contributed by atoms with van der Waals surface area (Å²) in [5.41, 5.74) is 1.98. The molecule has 1 atom stereocenters. The Hall–Kier alpha value is -3.30. The number of halogens is 1. The van der Waals surface area contributed by atoms with Crippen LogP contribution >= 0.6 is 0 Å². The molecule has 2 heterocycles. The maximum absolute atomic E-state index is 13.4. The van der Waals surface area contributed by atoms with E-state index in [1.807, 2.05) is 0 Å². The van der Waals surface area contributed by atoms with Crippen LogP contribution in [-0.4, -0.2) is 62.0 Å². The zero-order chi connectivity index (χ0) is 23.2. The summed E-state index contributed by atoms with van der Waals surface area (Å²) in [6.45, 7) is 3.32. The molecule has 9 heteroatoms. The van der Waals surface area contributed by atoms with E-state index in [2.05, 4.69) is 15.5 Å². The number of carbonyl (C=O) groups is 3. The van der Waals surface area contributed by atoms with Crippen LogP contribution in [-0.2, 0) is 19.1 Å². The van der Waals surface area contributed by atoms with Gasteiger partial charge >= 0.3 is 11.8 Å². The van der Waals surface area contributed by atoms with Crippen LogP contribution in [0.3, 0.4) is 0 Å². The molecule has 0 saturated carbocycles. The van der Waals surface area contributed by atoms with Crippen molar-refractivity contribution in [2.24, 2.45) is 0 Å². The Morgan fingerprint density at radius 2 is 1.79 bits per heavy atom. The van der Waals surface area contributed by atoms with Crippen molar-refractivity contribution in [2.45, 2.75) is 18.9 Å². The minimum Gasteiger partial charge on any atom is -0.379 e. The number of anilines is 2. The molecule has 0 spiro atoms. The normalized spacial score (nSPS) is 17.6. The Labute approximate surface area is 191 Å². The molecule has 2 N–H and O–H groups in total. The molecule has 0 aliphatic carbocycles. The van der Waals surface area contributed by atoms with Gasteiger partial charge in [-0.2, -0.15) is 0 Å². The summed E-state index contributed by atoms with van der Waals surface area (Å²) in [7, 11) is 0. The Bertz CT molecular complexity index is 1010. The van der Waals surface area contributed by atoms with E-state index in [0.29, 0.717) is 50.6 Å². The average Bonchev–Trinajstić information content (AvgIpc) is 3.27. The second kappa shape index (κ2) is 10.5. The first kappa shape index (κ1) is 22.9. The molecule has 0 bridgehead atoms. The van der Waals surface area contributed by atoms with E-state index in [1.165, 1.54) is 12.1 Å². The molecule has 0 radical (unpaired) electrons. The molecule has 33 heavy (non-hydrogen) atoms. The maximum atomic E-state index is 13.4. The number of hydrogen-bond acceptors (Lipinski definition) is 5. The number of nitrogens with zero attached hydrogens (tertiary/aromatic N) is 2. The fraction of sp³-hybridized carbons (Fsp3) is 0.375. The summed E-state index contributed by atoms with van der Waals surface area (Å²) in [6, 6.07) is 12.8. The van der Waals surface area contributed by atoms with Crippen LogP contribution in [0.4, 0.5) is 15.8 Å². The van der Waals surface area contributed by atoms with Gasteiger partial charge in [0.05, 0.1) is 19.3 Å². The van der Waals surface area contributed by atoms with E-state index < -0.39 is 11.8 Å². The minimum atomic E-state index is -0.792. The fourth-order valence-electron chi connectivity index (χ4n) is 4.16. The average molecular weight is 455 g/mol. The molecule has 2 fully saturated rings. The molecular weight excluding hydrogens is 427 g/mol. The fourth-order valence-corrected chi connectivity index (χ4v) is 4.16. The summed E-state index contributed by atoms with van der Waals surface area (Å²) < 4.78 is 18.8. The van der Waals surface area contributed by atoms with Crippen LogP contribution in [0, 0.1) is 5.82 Å². The first-order valence-corrected chi connectivity index (χ1v) is 11.1. The summed E-state index contributed by atoms with van der Waals surface area (Å²) in [5.74, 6) is -1.84. The number of benzene rings is 2. The molecule has 4 rings (SSSR count). The van der Waals surface area contributed by atoms with Crippen LogP contribution < -0.4 is 15.5 Å². The van der Waals surface area contributed by atoms with Crippen molar-refractivity contribution < 1.29 is 23.5 Å². The Morgan fingerprint density at radius 1 is 1.03 bits per heavy atom. The zero-order valence-corrected chi connectivity index (χ0v) is 18.3. The van der Waals surface area contributed by atoms with Crippen LogP contribution in [0.2, 0.25) is 0 Å². The van der Waals surface area contributed by atoms with Crippen LogP contribution in [0.5, 0.6) is 0 Å². The summed E-state index contributed by atoms with van der Waals surface area (Å²) >= 11 is 0. The second-order valence-corrected chi connectivity index (χ2v) is 8.08. The lowest BCUT2D eigenvalue weighted by atomic mass is 10.0. The van der Waals surface area contributed by atoms with Gasteiger partial charge in [0.1, 0.15) is 5.82 Å². The highest BCUT2D eigenvalue weighted by molar-refractivity contribution is 6.39. The predicted octanol–water partition coefficient (Wildman–Crippen LogP) is 2.08. The lowest BCUT2D eigenvalue weighted by molar-refractivity contribution is -0.136. The van der Waals surface area contributed by atoms with Gasteiger partial charge in [0, 0.05) is 44.0 Å². The van der Waals surface area contributed by atoms with Gasteiger partial charge in [-0.15, -0.1) is 0 Å². The van der Waals surface area contributed by atoms with Gasteiger partial charge < -0.3 is 20.3 Å². The van der Waals surface area contributed by atoms with Crippen molar-refractivity contribution in [1.29, 1.82) is 0 Å². The third kappa shape index (κ3) is 5.74. The third-order valence-electron chi connectivity index (χ3n) is 5.89. The molecule has 3 amide bonds. The van der Waals surface area contributed by atoms with Crippen molar-refractivity contribution in [3.8, 4) is 0 Å². The lowest BCUT2D eigenvalue weighted by Gasteiger charge is -2.34. The van der Waals surface area contributed by atoms with E-state index in [1.54, 1.807) is 41.3 Å². The number of nitrogens with one attached hydrogen (secondary N) is 2. The molecule has 2 aliphatic heterocycles. The van der Waals surface area contributed by atoms with E-state index >= 15 is 0 Å². The number of rotatable bonds is 6. The zero-order valence-electron chi connectivity index (χ0n) is 18.3. The topological polar surface area (TPSA) is 91.0 Å². The quantitative estimate of drug-likeness (QED) is 0.653. The van der Waals surface area contributed by atoms with Crippen molar-refractivity contribution in [1.82, 2.24) is 10.2 Å². The molecular formula is C24H27FN4O4. The van der Waals surface area contributed by atoms with Crippen LogP contribution in [0.15, 0.2) is 48.5 Å².